The van der Waals surface area contributed by atoms with E-state index < -0.39 is 0 Å². The van der Waals surface area contributed by atoms with Crippen molar-refractivity contribution in [1.82, 2.24) is 5.32 Å². The summed E-state index contributed by atoms with van der Waals surface area (Å²) in [5.41, 5.74) is 6.72. The van der Waals surface area contributed by atoms with E-state index in [0.29, 0.717) is 6.54 Å². The standard InChI is InChI=1S/C15H24N2O2.ClH/c1-11(13(16)12-8-6-5-7-9-12)14(18)17-10-15(2,3)19-4;/h5-9,11,13H,10,16H2,1-4H3,(H,17,18);1H. The van der Waals surface area contributed by atoms with Gasteiger partial charge in [0, 0.05) is 19.7 Å². The van der Waals surface area contributed by atoms with Gasteiger partial charge in [0.05, 0.1) is 11.5 Å². The molecule has 0 spiro atoms. The van der Waals surface area contributed by atoms with Crippen LogP contribution in [-0.2, 0) is 9.53 Å². The molecule has 1 rings (SSSR count). The van der Waals surface area contributed by atoms with Crippen LogP contribution in [-0.4, -0.2) is 25.2 Å². The maximum atomic E-state index is 12.1. The molecule has 0 aliphatic heterocycles. The Morgan fingerprint density at radius 3 is 2.40 bits per heavy atom. The van der Waals surface area contributed by atoms with Crippen LogP contribution in [0.15, 0.2) is 30.3 Å². The van der Waals surface area contributed by atoms with E-state index in [4.69, 9.17) is 10.5 Å². The molecule has 0 aliphatic carbocycles. The average Bonchev–Trinajstić information content (AvgIpc) is 2.44. The Kier molecular flexibility index (Phi) is 7.79. The number of amides is 1. The first kappa shape index (κ1) is 18.9. The summed E-state index contributed by atoms with van der Waals surface area (Å²) in [4.78, 5) is 12.1. The van der Waals surface area contributed by atoms with Crippen molar-refractivity contribution in [2.24, 2.45) is 11.7 Å². The number of nitrogens with two attached hydrogens (primary N) is 1. The highest BCUT2D eigenvalue weighted by Gasteiger charge is 2.24. The number of hydrogen-bond donors (Lipinski definition) is 2. The summed E-state index contributed by atoms with van der Waals surface area (Å²) >= 11 is 0. The van der Waals surface area contributed by atoms with Gasteiger partial charge in [0.15, 0.2) is 0 Å². The lowest BCUT2D eigenvalue weighted by molar-refractivity contribution is -0.126. The van der Waals surface area contributed by atoms with E-state index in [1.807, 2.05) is 51.1 Å². The van der Waals surface area contributed by atoms with Crippen LogP contribution in [0.3, 0.4) is 0 Å². The van der Waals surface area contributed by atoms with Gasteiger partial charge in [0.2, 0.25) is 5.91 Å². The van der Waals surface area contributed by atoms with Gasteiger partial charge in [-0.3, -0.25) is 4.79 Å². The number of carbonyl (C=O) groups is 1. The van der Waals surface area contributed by atoms with Crippen molar-refractivity contribution in [1.29, 1.82) is 0 Å². The predicted octanol–water partition coefficient (Wildman–Crippen LogP) is 2.29. The van der Waals surface area contributed by atoms with E-state index >= 15 is 0 Å². The van der Waals surface area contributed by atoms with Crippen LogP contribution in [0.1, 0.15) is 32.4 Å². The molecule has 20 heavy (non-hydrogen) atoms. The number of benzene rings is 1. The second-order valence-electron chi connectivity index (χ2n) is 5.41. The SMILES string of the molecule is COC(C)(C)CNC(=O)C(C)C(N)c1ccccc1.Cl. The van der Waals surface area contributed by atoms with Gasteiger partial charge in [-0.25, -0.2) is 0 Å². The van der Waals surface area contributed by atoms with Gasteiger partial charge in [-0.15, -0.1) is 12.4 Å². The molecule has 1 amide bonds. The minimum atomic E-state index is -0.369. The van der Waals surface area contributed by atoms with E-state index in [0.717, 1.165) is 5.56 Å². The molecule has 2 unspecified atom stereocenters. The van der Waals surface area contributed by atoms with Crippen molar-refractivity contribution in [3.8, 4) is 0 Å². The summed E-state index contributed by atoms with van der Waals surface area (Å²) in [6, 6.07) is 9.36. The molecular weight excluding hydrogens is 276 g/mol. The monoisotopic (exact) mass is 300 g/mol. The quantitative estimate of drug-likeness (QED) is 0.847. The average molecular weight is 301 g/mol. The third-order valence-electron chi connectivity index (χ3n) is 3.38. The van der Waals surface area contributed by atoms with Crippen LogP contribution >= 0.6 is 12.4 Å². The normalized spacial score (nSPS) is 14.1. The molecule has 3 N–H and O–H groups in total. The van der Waals surface area contributed by atoms with Crippen molar-refractivity contribution >= 4 is 18.3 Å². The van der Waals surface area contributed by atoms with Gasteiger partial charge < -0.3 is 15.8 Å². The second-order valence-corrected chi connectivity index (χ2v) is 5.41. The summed E-state index contributed by atoms with van der Waals surface area (Å²) in [5.74, 6) is -0.337. The smallest absolute Gasteiger partial charge is 0.224 e. The van der Waals surface area contributed by atoms with Crippen molar-refractivity contribution < 1.29 is 9.53 Å². The lowest BCUT2D eigenvalue weighted by atomic mass is 9.94. The summed E-state index contributed by atoms with van der Waals surface area (Å²) < 4.78 is 5.27. The van der Waals surface area contributed by atoms with Gasteiger partial charge in [-0.1, -0.05) is 37.3 Å². The minimum absolute atomic E-state index is 0. The van der Waals surface area contributed by atoms with Gasteiger partial charge >= 0.3 is 0 Å². The number of nitrogens with one attached hydrogen (secondary N) is 1. The lowest BCUT2D eigenvalue weighted by Gasteiger charge is -2.25. The zero-order chi connectivity index (χ0) is 14.5. The van der Waals surface area contributed by atoms with Crippen LogP contribution in [0.5, 0.6) is 0 Å². The Morgan fingerprint density at radius 2 is 1.90 bits per heavy atom. The molecule has 4 nitrogen and oxygen atoms in total. The van der Waals surface area contributed by atoms with E-state index in [-0.39, 0.29) is 35.9 Å². The maximum Gasteiger partial charge on any atom is 0.224 e. The number of ether oxygens (including phenoxy) is 1. The number of rotatable bonds is 6. The fourth-order valence-corrected chi connectivity index (χ4v) is 1.66. The van der Waals surface area contributed by atoms with Gasteiger partial charge in [0.1, 0.15) is 0 Å². The van der Waals surface area contributed by atoms with Crippen molar-refractivity contribution in [3.05, 3.63) is 35.9 Å². The third-order valence-corrected chi connectivity index (χ3v) is 3.38. The van der Waals surface area contributed by atoms with Crippen LogP contribution < -0.4 is 11.1 Å². The Balaban J connectivity index is 0.00000361. The Hall–Kier alpha value is -1.10. The molecule has 2 atom stereocenters. The third kappa shape index (κ3) is 5.49. The Bertz CT molecular complexity index is 410. The minimum Gasteiger partial charge on any atom is -0.377 e. The predicted molar refractivity (Wildman–Crippen MR) is 83.9 cm³/mol. The first-order valence-electron chi connectivity index (χ1n) is 6.51. The first-order chi connectivity index (χ1) is 8.87. The maximum absolute atomic E-state index is 12.1. The zero-order valence-corrected chi connectivity index (χ0v) is 13.4. The highest BCUT2D eigenvalue weighted by molar-refractivity contribution is 5.85. The zero-order valence-electron chi connectivity index (χ0n) is 12.6. The number of methoxy groups -OCH3 is 1. The van der Waals surface area contributed by atoms with E-state index in [9.17, 15) is 4.79 Å². The highest BCUT2D eigenvalue weighted by atomic mass is 35.5. The molecule has 0 saturated heterocycles. The molecule has 0 aromatic heterocycles. The van der Waals surface area contributed by atoms with Crippen LogP contribution in [0.2, 0.25) is 0 Å². The van der Waals surface area contributed by atoms with Crippen LogP contribution in [0, 0.1) is 5.92 Å². The molecule has 1 aromatic carbocycles. The fourth-order valence-electron chi connectivity index (χ4n) is 1.66. The molecule has 0 saturated carbocycles. The number of halogens is 1. The first-order valence-corrected chi connectivity index (χ1v) is 6.51. The van der Waals surface area contributed by atoms with E-state index in [1.165, 1.54) is 0 Å². The van der Waals surface area contributed by atoms with Crippen molar-refractivity contribution in [2.45, 2.75) is 32.4 Å². The van der Waals surface area contributed by atoms with E-state index in [2.05, 4.69) is 5.32 Å². The second kappa shape index (κ2) is 8.25. The van der Waals surface area contributed by atoms with Crippen LogP contribution in [0.4, 0.5) is 0 Å². The molecule has 1 aromatic rings. The summed E-state index contributed by atoms with van der Waals surface area (Å²) in [6.07, 6.45) is 0. The van der Waals surface area contributed by atoms with E-state index in [1.54, 1.807) is 7.11 Å². The molecule has 0 aliphatic rings. The van der Waals surface area contributed by atoms with Gasteiger partial charge in [-0.2, -0.15) is 0 Å². The number of hydrogen-bond acceptors (Lipinski definition) is 3. The molecular formula is C15H25ClN2O2. The summed E-state index contributed by atoms with van der Waals surface area (Å²) in [7, 11) is 1.63. The molecule has 0 heterocycles. The fraction of sp³-hybridized carbons (Fsp3) is 0.533. The molecule has 0 bridgehead atoms. The van der Waals surface area contributed by atoms with Crippen molar-refractivity contribution in [3.63, 3.8) is 0 Å². The summed E-state index contributed by atoms with van der Waals surface area (Å²) in [6.45, 7) is 6.16. The topological polar surface area (TPSA) is 64.3 Å². The Morgan fingerprint density at radius 1 is 1.35 bits per heavy atom. The summed E-state index contributed by atoms with van der Waals surface area (Å²) in [5, 5.41) is 2.88. The van der Waals surface area contributed by atoms with Crippen LogP contribution in [0.25, 0.3) is 0 Å². The molecule has 114 valence electrons. The lowest BCUT2D eigenvalue weighted by Crippen LogP contribution is -2.43. The Labute approximate surface area is 127 Å². The largest absolute Gasteiger partial charge is 0.377 e. The van der Waals surface area contributed by atoms with Crippen molar-refractivity contribution in [2.75, 3.05) is 13.7 Å². The molecule has 0 fully saturated rings. The highest BCUT2D eigenvalue weighted by Crippen LogP contribution is 2.19. The van der Waals surface area contributed by atoms with Gasteiger partial charge in [0.25, 0.3) is 0 Å². The van der Waals surface area contributed by atoms with Gasteiger partial charge in [-0.05, 0) is 19.4 Å². The molecule has 0 radical (unpaired) electrons. The molecule has 5 heteroatoms. The number of carbonyl (C=O) groups excluding carboxylic acids is 1.